The minimum atomic E-state index is -0.867. The molecule has 0 saturated heterocycles. The van der Waals surface area contributed by atoms with Crippen LogP contribution in [-0.2, 0) is 16.0 Å². The highest BCUT2D eigenvalue weighted by molar-refractivity contribution is 5.97. The monoisotopic (exact) mass is 311 g/mol. The van der Waals surface area contributed by atoms with Crippen LogP contribution in [-0.4, -0.2) is 18.0 Å². The number of hydrogen-bond acceptors (Lipinski definition) is 3. The summed E-state index contributed by atoms with van der Waals surface area (Å²) in [6.45, 7) is 5.52. The molecule has 0 heterocycles. The smallest absolute Gasteiger partial charge is 0.338 e. The van der Waals surface area contributed by atoms with Crippen LogP contribution < -0.4 is 5.32 Å². The molecule has 1 amide bonds. The van der Waals surface area contributed by atoms with E-state index in [2.05, 4.69) is 12.2 Å². The van der Waals surface area contributed by atoms with Gasteiger partial charge in [0, 0.05) is 5.69 Å². The van der Waals surface area contributed by atoms with Crippen LogP contribution in [0.2, 0.25) is 0 Å². The van der Waals surface area contributed by atoms with E-state index in [-0.39, 0.29) is 5.91 Å². The number of carbonyl (C=O) groups is 2. The Bertz CT molecular complexity index is 692. The molecule has 0 aromatic heterocycles. The predicted octanol–water partition coefficient (Wildman–Crippen LogP) is 3.74. The lowest BCUT2D eigenvalue weighted by Gasteiger charge is -2.14. The Morgan fingerprint density at radius 3 is 2.43 bits per heavy atom. The van der Waals surface area contributed by atoms with Crippen LogP contribution in [0.15, 0.2) is 48.5 Å². The maximum Gasteiger partial charge on any atom is 0.338 e. The van der Waals surface area contributed by atoms with Gasteiger partial charge in [0.05, 0.1) is 5.56 Å². The van der Waals surface area contributed by atoms with Crippen molar-refractivity contribution in [3.63, 3.8) is 0 Å². The Labute approximate surface area is 136 Å². The third-order valence-electron chi connectivity index (χ3n) is 3.54. The number of benzene rings is 2. The van der Waals surface area contributed by atoms with Crippen molar-refractivity contribution in [2.45, 2.75) is 33.3 Å². The van der Waals surface area contributed by atoms with Crippen LogP contribution in [0.4, 0.5) is 5.69 Å². The normalized spacial score (nSPS) is 11.6. The van der Waals surface area contributed by atoms with Crippen LogP contribution in [0, 0.1) is 6.92 Å². The second-order valence-corrected chi connectivity index (χ2v) is 5.46. The largest absolute Gasteiger partial charge is 0.449 e. The quantitative estimate of drug-likeness (QED) is 0.856. The summed E-state index contributed by atoms with van der Waals surface area (Å²) in [6.07, 6.45) is 0.0764. The van der Waals surface area contributed by atoms with Crippen molar-refractivity contribution < 1.29 is 14.3 Å². The highest BCUT2D eigenvalue weighted by Gasteiger charge is 2.19. The molecule has 120 valence electrons. The summed E-state index contributed by atoms with van der Waals surface area (Å²) in [5, 5.41) is 2.75. The predicted molar refractivity (Wildman–Crippen MR) is 90.5 cm³/mol. The molecule has 4 heteroatoms. The summed E-state index contributed by atoms with van der Waals surface area (Å²) < 4.78 is 5.22. The number of aryl methyl sites for hydroxylation is 2. The number of esters is 1. The minimum absolute atomic E-state index is 0.352. The lowest BCUT2D eigenvalue weighted by atomic mass is 10.1. The fourth-order valence-electron chi connectivity index (χ4n) is 2.12. The van der Waals surface area contributed by atoms with Gasteiger partial charge in [-0.25, -0.2) is 4.79 Å². The third-order valence-corrected chi connectivity index (χ3v) is 3.54. The number of anilines is 1. The maximum atomic E-state index is 12.1. The number of ether oxygens (including phenoxy) is 1. The Morgan fingerprint density at radius 2 is 1.83 bits per heavy atom. The summed E-state index contributed by atoms with van der Waals surface area (Å²) in [5.41, 5.74) is 3.29. The van der Waals surface area contributed by atoms with Gasteiger partial charge in [0.15, 0.2) is 6.10 Å². The molecule has 1 atom stereocenters. The first-order chi connectivity index (χ1) is 11.0. The molecule has 0 aliphatic heterocycles. The van der Waals surface area contributed by atoms with Crippen LogP contribution in [0.5, 0.6) is 0 Å². The molecule has 23 heavy (non-hydrogen) atoms. The van der Waals surface area contributed by atoms with Crippen molar-refractivity contribution >= 4 is 17.6 Å². The van der Waals surface area contributed by atoms with Crippen LogP contribution in [0.3, 0.4) is 0 Å². The average Bonchev–Trinajstić information content (AvgIpc) is 2.55. The number of amides is 1. The lowest BCUT2D eigenvalue weighted by Crippen LogP contribution is -2.30. The SMILES string of the molecule is CCc1ccc(NC(=O)C(C)OC(=O)c2cccc(C)c2)cc1. The van der Waals surface area contributed by atoms with E-state index in [4.69, 9.17) is 4.74 Å². The molecule has 0 fully saturated rings. The van der Waals surface area contributed by atoms with E-state index in [1.807, 2.05) is 37.3 Å². The standard InChI is InChI=1S/C19H21NO3/c1-4-15-8-10-17(11-9-15)20-18(21)14(3)23-19(22)16-7-5-6-13(2)12-16/h5-12,14H,4H2,1-3H3,(H,20,21). The number of carbonyl (C=O) groups excluding carboxylic acids is 2. The second-order valence-electron chi connectivity index (χ2n) is 5.46. The molecular weight excluding hydrogens is 290 g/mol. The van der Waals surface area contributed by atoms with Crippen molar-refractivity contribution in [3.05, 3.63) is 65.2 Å². The molecule has 1 unspecified atom stereocenters. The average molecular weight is 311 g/mol. The van der Waals surface area contributed by atoms with Gasteiger partial charge in [0.2, 0.25) is 0 Å². The van der Waals surface area contributed by atoms with Crippen molar-refractivity contribution in [1.82, 2.24) is 0 Å². The van der Waals surface area contributed by atoms with Gasteiger partial charge >= 0.3 is 5.97 Å². The van der Waals surface area contributed by atoms with Gasteiger partial charge in [-0.2, -0.15) is 0 Å². The molecule has 2 rings (SSSR count). The van der Waals surface area contributed by atoms with Crippen LogP contribution in [0.25, 0.3) is 0 Å². The van der Waals surface area contributed by atoms with E-state index in [1.165, 1.54) is 5.56 Å². The van der Waals surface area contributed by atoms with Crippen molar-refractivity contribution in [1.29, 1.82) is 0 Å². The molecule has 0 aliphatic rings. The fraction of sp³-hybridized carbons (Fsp3) is 0.263. The number of rotatable bonds is 5. The Balaban J connectivity index is 1.95. The van der Waals surface area contributed by atoms with E-state index in [1.54, 1.807) is 25.1 Å². The van der Waals surface area contributed by atoms with Gasteiger partial charge in [-0.1, -0.05) is 36.8 Å². The lowest BCUT2D eigenvalue weighted by molar-refractivity contribution is -0.123. The zero-order chi connectivity index (χ0) is 16.8. The summed E-state index contributed by atoms with van der Waals surface area (Å²) in [7, 11) is 0. The summed E-state index contributed by atoms with van der Waals surface area (Å²) in [6, 6.07) is 14.7. The number of hydrogen-bond donors (Lipinski definition) is 1. The first kappa shape index (κ1) is 16.7. The van der Waals surface area contributed by atoms with Crippen LogP contribution >= 0.6 is 0 Å². The van der Waals surface area contributed by atoms with E-state index in [9.17, 15) is 9.59 Å². The highest BCUT2D eigenvalue weighted by atomic mass is 16.5. The van der Waals surface area contributed by atoms with E-state index in [0.717, 1.165) is 12.0 Å². The maximum absolute atomic E-state index is 12.1. The molecule has 0 aliphatic carbocycles. The Morgan fingerprint density at radius 1 is 1.13 bits per heavy atom. The van der Waals surface area contributed by atoms with Gasteiger partial charge in [-0.15, -0.1) is 0 Å². The topological polar surface area (TPSA) is 55.4 Å². The number of nitrogens with one attached hydrogen (secondary N) is 1. The molecule has 0 spiro atoms. The van der Waals surface area contributed by atoms with Crippen molar-refractivity contribution in [2.75, 3.05) is 5.32 Å². The molecule has 0 bridgehead atoms. The molecular formula is C19H21NO3. The fourth-order valence-corrected chi connectivity index (χ4v) is 2.12. The Hall–Kier alpha value is -2.62. The van der Waals surface area contributed by atoms with Gasteiger partial charge in [-0.05, 0) is 50.1 Å². The second kappa shape index (κ2) is 7.58. The highest BCUT2D eigenvalue weighted by Crippen LogP contribution is 2.12. The van der Waals surface area contributed by atoms with Gasteiger partial charge in [0.25, 0.3) is 5.91 Å². The molecule has 2 aromatic rings. The molecule has 0 saturated carbocycles. The molecule has 0 radical (unpaired) electrons. The molecule has 1 N–H and O–H groups in total. The van der Waals surface area contributed by atoms with Gasteiger partial charge < -0.3 is 10.1 Å². The first-order valence-corrected chi connectivity index (χ1v) is 7.67. The van der Waals surface area contributed by atoms with Crippen LogP contribution in [0.1, 0.15) is 35.3 Å². The third kappa shape index (κ3) is 4.68. The van der Waals surface area contributed by atoms with Gasteiger partial charge in [0.1, 0.15) is 0 Å². The molecule has 4 nitrogen and oxygen atoms in total. The van der Waals surface area contributed by atoms with E-state index < -0.39 is 12.1 Å². The minimum Gasteiger partial charge on any atom is -0.449 e. The zero-order valence-corrected chi connectivity index (χ0v) is 13.6. The van der Waals surface area contributed by atoms with Gasteiger partial charge in [-0.3, -0.25) is 4.79 Å². The van der Waals surface area contributed by atoms with E-state index >= 15 is 0 Å². The van der Waals surface area contributed by atoms with Crippen molar-refractivity contribution in [3.8, 4) is 0 Å². The Kier molecular flexibility index (Phi) is 5.52. The summed E-state index contributed by atoms with van der Waals surface area (Å²) in [4.78, 5) is 24.2. The first-order valence-electron chi connectivity index (χ1n) is 7.67. The zero-order valence-electron chi connectivity index (χ0n) is 13.6. The molecule has 2 aromatic carbocycles. The van der Waals surface area contributed by atoms with E-state index in [0.29, 0.717) is 11.3 Å². The van der Waals surface area contributed by atoms with Crippen molar-refractivity contribution in [2.24, 2.45) is 0 Å². The summed E-state index contributed by atoms with van der Waals surface area (Å²) >= 11 is 0. The summed E-state index contributed by atoms with van der Waals surface area (Å²) in [5.74, 6) is -0.854.